The van der Waals surface area contributed by atoms with Crippen molar-refractivity contribution in [3.05, 3.63) is 0 Å². The van der Waals surface area contributed by atoms with E-state index in [9.17, 15) is 5.11 Å². The van der Waals surface area contributed by atoms with Crippen molar-refractivity contribution in [1.82, 2.24) is 4.90 Å². The number of aliphatic hydroxyl groups is 1. The van der Waals surface area contributed by atoms with Crippen molar-refractivity contribution < 1.29 is 5.11 Å². The van der Waals surface area contributed by atoms with Crippen molar-refractivity contribution in [1.29, 1.82) is 0 Å². The molecule has 0 aromatic rings. The summed E-state index contributed by atoms with van der Waals surface area (Å²) in [6.07, 6.45) is 16.4. The average molecular weight is 314 g/mol. The van der Waals surface area contributed by atoms with Gasteiger partial charge in [-0.25, -0.2) is 0 Å². The van der Waals surface area contributed by atoms with E-state index in [1.165, 1.54) is 83.8 Å². The van der Waals surface area contributed by atoms with Gasteiger partial charge in [0.1, 0.15) is 0 Å². The fraction of sp³-hybridized carbons (Fsp3) is 1.00. The topological polar surface area (TPSA) is 23.5 Å². The van der Waals surface area contributed by atoms with Gasteiger partial charge in [-0.15, -0.1) is 0 Å². The van der Waals surface area contributed by atoms with Gasteiger partial charge in [-0.3, -0.25) is 0 Å². The van der Waals surface area contributed by atoms with Gasteiger partial charge in [-0.2, -0.15) is 0 Å². The fourth-order valence-corrected chi connectivity index (χ4v) is 3.00. The molecule has 0 radical (unpaired) electrons. The van der Waals surface area contributed by atoms with Crippen LogP contribution in [0.15, 0.2) is 0 Å². The van der Waals surface area contributed by atoms with Crippen LogP contribution in [0.5, 0.6) is 0 Å². The predicted octanol–water partition coefficient (Wildman–Crippen LogP) is 5.78. The van der Waals surface area contributed by atoms with Crippen LogP contribution in [-0.2, 0) is 0 Å². The molecule has 0 bridgehead atoms. The Morgan fingerprint density at radius 2 is 1.09 bits per heavy atom. The molecule has 0 rings (SSSR count). The Morgan fingerprint density at radius 3 is 1.64 bits per heavy atom. The number of hydrogen-bond donors (Lipinski definition) is 1. The van der Waals surface area contributed by atoms with Crippen LogP contribution in [0.2, 0.25) is 0 Å². The van der Waals surface area contributed by atoms with Crippen LogP contribution in [0.1, 0.15) is 104 Å². The molecule has 2 heteroatoms. The standard InChI is InChI=1S/C20H43NO/c1-4-7-17-21(18-8-5-2)19-14-12-10-9-11-13-16-20(22)15-6-3/h20,22H,4-19H2,1-3H3. The molecule has 1 unspecified atom stereocenters. The highest BCUT2D eigenvalue weighted by molar-refractivity contribution is 4.59. The zero-order chi connectivity index (χ0) is 16.5. The lowest BCUT2D eigenvalue weighted by atomic mass is 10.0. The average Bonchev–Trinajstić information content (AvgIpc) is 2.52. The van der Waals surface area contributed by atoms with E-state index in [0.717, 1.165) is 19.3 Å². The minimum Gasteiger partial charge on any atom is -0.393 e. The minimum atomic E-state index is -0.0457. The van der Waals surface area contributed by atoms with Crippen LogP contribution in [0.25, 0.3) is 0 Å². The van der Waals surface area contributed by atoms with E-state index in [1.807, 2.05) is 0 Å². The molecular formula is C20H43NO. The number of aliphatic hydroxyl groups excluding tert-OH is 1. The lowest BCUT2D eigenvalue weighted by molar-refractivity contribution is 0.150. The Labute approximate surface area is 140 Å². The molecule has 0 saturated heterocycles. The molecule has 0 aliphatic heterocycles. The van der Waals surface area contributed by atoms with E-state index in [1.54, 1.807) is 0 Å². The second-order valence-electron chi connectivity index (χ2n) is 6.90. The summed E-state index contributed by atoms with van der Waals surface area (Å²) < 4.78 is 0. The first-order valence-corrected chi connectivity index (χ1v) is 10.1. The second-order valence-corrected chi connectivity index (χ2v) is 6.90. The highest BCUT2D eigenvalue weighted by Crippen LogP contribution is 2.11. The molecule has 2 nitrogen and oxygen atoms in total. The summed E-state index contributed by atoms with van der Waals surface area (Å²) >= 11 is 0. The number of hydrogen-bond acceptors (Lipinski definition) is 2. The first-order chi connectivity index (χ1) is 10.7. The third-order valence-electron chi connectivity index (χ3n) is 4.54. The van der Waals surface area contributed by atoms with Crippen molar-refractivity contribution in [2.75, 3.05) is 19.6 Å². The summed E-state index contributed by atoms with van der Waals surface area (Å²) in [5, 5.41) is 9.69. The summed E-state index contributed by atoms with van der Waals surface area (Å²) in [7, 11) is 0. The molecule has 134 valence electrons. The van der Waals surface area contributed by atoms with Crippen molar-refractivity contribution in [2.45, 2.75) is 110 Å². The van der Waals surface area contributed by atoms with E-state index in [-0.39, 0.29) is 6.10 Å². The van der Waals surface area contributed by atoms with E-state index >= 15 is 0 Å². The van der Waals surface area contributed by atoms with Gasteiger partial charge in [0.05, 0.1) is 6.10 Å². The van der Waals surface area contributed by atoms with Crippen LogP contribution >= 0.6 is 0 Å². The highest BCUT2D eigenvalue weighted by Gasteiger charge is 2.04. The molecule has 0 saturated carbocycles. The first-order valence-electron chi connectivity index (χ1n) is 10.1. The molecule has 0 amide bonds. The fourth-order valence-electron chi connectivity index (χ4n) is 3.00. The normalized spacial score (nSPS) is 13.0. The zero-order valence-electron chi connectivity index (χ0n) is 15.8. The number of rotatable bonds is 17. The Balaban J connectivity index is 3.44. The third kappa shape index (κ3) is 14.8. The number of unbranched alkanes of at least 4 members (excludes halogenated alkanes) is 7. The predicted molar refractivity (Wildman–Crippen MR) is 99.5 cm³/mol. The van der Waals surface area contributed by atoms with Gasteiger partial charge in [-0.05, 0) is 51.7 Å². The van der Waals surface area contributed by atoms with Gasteiger partial charge in [0.2, 0.25) is 0 Å². The first kappa shape index (κ1) is 21.9. The highest BCUT2D eigenvalue weighted by atomic mass is 16.3. The molecule has 0 spiro atoms. The Kier molecular flexibility index (Phi) is 17.2. The lowest BCUT2D eigenvalue weighted by Crippen LogP contribution is -2.27. The SMILES string of the molecule is CCCCN(CCCC)CCCCCCCCC(O)CCC. The van der Waals surface area contributed by atoms with E-state index < -0.39 is 0 Å². The molecule has 0 fully saturated rings. The molecule has 0 aliphatic rings. The maximum absolute atomic E-state index is 9.69. The lowest BCUT2D eigenvalue weighted by Gasteiger charge is -2.21. The van der Waals surface area contributed by atoms with Gasteiger partial charge in [0.25, 0.3) is 0 Å². The molecule has 1 N–H and O–H groups in total. The van der Waals surface area contributed by atoms with Crippen molar-refractivity contribution in [3.63, 3.8) is 0 Å². The monoisotopic (exact) mass is 313 g/mol. The summed E-state index contributed by atoms with van der Waals surface area (Å²) in [6, 6.07) is 0. The molecule has 0 heterocycles. The Hall–Kier alpha value is -0.0800. The summed E-state index contributed by atoms with van der Waals surface area (Å²) in [4.78, 5) is 2.67. The Morgan fingerprint density at radius 1 is 0.591 bits per heavy atom. The summed E-state index contributed by atoms with van der Waals surface area (Å²) in [6.45, 7) is 10.6. The smallest absolute Gasteiger partial charge is 0.0540 e. The molecule has 1 atom stereocenters. The molecule has 0 aliphatic carbocycles. The maximum Gasteiger partial charge on any atom is 0.0540 e. The van der Waals surface area contributed by atoms with Crippen LogP contribution in [-0.4, -0.2) is 35.7 Å². The third-order valence-corrected chi connectivity index (χ3v) is 4.54. The van der Waals surface area contributed by atoms with E-state index in [2.05, 4.69) is 25.7 Å². The van der Waals surface area contributed by atoms with Crippen LogP contribution in [0, 0.1) is 0 Å². The quantitative estimate of drug-likeness (QED) is 0.344. The van der Waals surface area contributed by atoms with Crippen LogP contribution in [0.4, 0.5) is 0 Å². The van der Waals surface area contributed by atoms with E-state index in [4.69, 9.17) is 0 Å². The van der Waals surface area contributed by atoms with Crippen molar-refractivity contribution >= 4 is 0 Å². The van der Waals surface area contributed by atoms with Gasteiger partial charge in [-0.1, -0.05) is 72.1 Å². The molecular weight excluding hydrogens is 270 g/mol. The van der Waals surface area contributed by atoms with Crippen molar-refractivity contribution in [2.24, 2.45) is 0 Å². The maximum atomic E-state index is 9.69. The molecule has 0 aromatic heterocycles. The van der Waals surface area contributed by atoms with Gasteiger partial charge in [0, 0.05) is 0 Å². The van der Waals surface area contributed by atoms with Crippen LogP contribution in [0.3, 0.4) is 0 Å². The Bertz CT molecular complexity index is 200. The molecule has 0 aromatic carbocycles. The number of nitrogens with zero attached hydrogens (tertiary/aromatic N) is 1. The van der Waals surface area contributed by atoms with Gasteiger partial charge >= 0.3 is 0 Å². The zero-order valence-corrected chi connectivity index (χ0v) is 15.8. The van der Waals surface area contributed by atoms with Gasteiger partial charge in [0.15, 0.2) is 0 Å². The summed E-state index contributed by atoms with van der Waals surface area (Å²) in [5.74, 6) is 0. The largest absolute Gasteiger partial charge is 0.393 e. The second kappa shape index (κ2) is 17.3. The van der Waals surface area contributed by atoms with Gasteiger partial charge < -0.3 is 10.0 Å². The minimum absolute atomic E-state index is 0.0457. The summed E-state index contributed by atoms with van der Waals surface area (Å²) in [5.41, 5.74) is 0. The van der Waals surface area contributed by atoms with Crippen molar-refractivity contribution in [3.8, 4) is 0 Å². The van der Waals surface area contributed by atoms with Crippen LogP contribution < -0.4 is 0 Å². The van der Waals surface area contributed by atoms with E-state index in [0.29, 0.717) is 0 Å². The molecule has 22 heavy (non-hydrogen) atoms.